The highest BCUT2D eigenvalue weighted by molar-refractivity contribution is 7.91. The Hall–Kier alpha value is -1.56. The first-order chi connectivity index (χ1) is 15.2. The van der Waals surface area contributed by atoms with Crippen molar-refractivity contribution in [2.45, 2.75) is 43.5 Å². The van der Waals surface area contributed by atoms with Gasteiger partial charge in [-0.3, -0.25) is 4.79 Å². The van der Waals surface area contributed by atoms with Crippen LogP contribution in [0.25, 0.3) is 10.2 Å². The van der Waals surface area contributed by atoms with Crippen molar-refractivity contribution < 1.29 is 17.9 Å². The molecule has 32 heavy (non-hydrogen) atoms. The third-order valence-electron chi connectivity index (χ3n) is 5.62. The molecular weight excluding hydrogens is 490 g/mol. The lowest BCUT2D eigenvalue weighted by atomic mass is 10.1. The number of carbonyl (C=O) groups excluding carboxylic acids is 1. The van der Waals surface area contributed by atoms with E-state index in [1.807, 2.05) is 18.4 Å². The third kappa shape index (κ3) is 4.44. The summed E-state index contributed by atoms with van der Waals surface area (Å²) in [4.78, 5) is 18.2. The van der Waals surface area contributed by atoms with Crippen LogP contribution in [0.5, 0.6) is 0 Å². The lowest BCUT2D eigenvalue weighted by molar-refractivity contribution is -0.121. The molecule has 2 aromatic heterocycles. The van der Waals surface area contributed by atoms with Crippen LogP contribution < -0.4 is 4.80 Å². The second-order valence-electron chi connectivity index (χ2n) is 7.72. The summed E-state index contributed by atoms with van der Waals surface area (Å²) in [6, 6.07) is 6.40. The van der Waals surface area contributed by atoms with E-state index >= 15 is 0 Å². The number of aromatic nitrogens is 1. The van der Waals surface area contributed by atoms with Gasteiger partial charge in [-0.05, 0) is 62.1 Å². The fourth-order valence-electron chi connectivity index (χ4n) is 3.80. The molecule has 0 aliphatic carbocycles. The summed E-state index contributed by atoms with van der Waals surface area (Å²) in [5, 5.41) is 0. The molecule has 0 spiro atoms. The Bertz CT molecular complexity index is 1340. The number of ether oxygens (including phenoxy) is 1. The van der Waals surface area contributed by atoms with Crippen molar-refractivity contribution in [2.75, 3.05) is 20.3 Å². The van der Waals surface area contributed by atoms with Gasteiger partial charge in [-0.15, -0.1) is 11.3 Å². The predicted octanol–water partition coefficient (Wildman–Crippen LogP) is 3.96. The number of sulfonamides is 1. The predicted molar refractivity (Wildman–Crippen MR) is 128 cm³/mol. The van der Waals surface area contributed by atoms with Crippen molar-refractivity contribution in [2.24, 2.45) is 4.99 Å². The molecule has 7 nitrogen and oxygen atoms in total. The van der Waals surface area contributed by atoms with Crippen LogP contribution in [-0.2, 0) is 26.1 Å². The molecule has 1 aliphatic rings. The maximum absolute atomic E-state index is 13.2. The highest BCUT2D eigenvalue weighted by Crippen LogP contribution is 2.32. The molecule has 1 amide bonds. The van der Waals surface area contributed by atoms with Gasteiger partial charge in [0.25, 0.3) is 15.9 Å². The van der Waals surface area contributed by atoms with Gasteiger partial charge in [0.2, 0.25) is 0 Å². The van der Waals surface area contributed by atoms with Crippen LogP contribution in [0.4, 0.5) is 0 Å². The van der Waals surface area contributed by atoms with Gasteiger partial charge in [-0.2, -0.15) is 9.30 Å². The lowest BCUT2D eigenvalue weighted by Gasteiger charge is -2.20. The van der Waals surface area contributed by atoms with E-state index in [4.69, 9.17) is 16.3 Å². The molecule has 1 unspecified atom stereocenters. The molecule has 172 valence electrons. The van der Waals surface area contributed by atoms with E-state index in [0.29, 0.717) is 35.1 Å². The number of halogens is 1. The number of amides is 1. The van der Waals surface area contributed by atoms with E-state index in [0.717, 1.165) is 32.7 Å². The first-order valence-corrected chi connectivity index (χ1v) is 13.6. The van der Waals surface area contributed by atoms with Crippen LogP contribution in [0.1, 0.15) is 24.0 Å². The van der Waals surface area contributed by atoms with E-state index in [-0.39, 0.29) is 10.8 Å². The molecule has 1 aromatic carbocycles. The Labute approximate surface area is 200 Å². The van der Waals surface area contributed by atoms with E-state index in [2.05, 4.69) is 17.1 Å². The van der Waals surface area contributed by atoms with Crippen molar-refractivity contribution in [3.8, 4) is 0 Å². The molecule has 0 N–H and O–H groups in total. The van der Waals surface area contributed by atoms with E-state index in [1.54, 1.807) is 13.2 Å². The minimum absolute atomic E-state index is 0.144. The Morgan fingerprint density at radius 2 is 2.00 bits per heavy atom. The van der Waals surface area contributed by atoms with Gasteiger partial charge in [0.15, 0.2) is 4.80 Å². The zero-order valence-corrected chi connectivity index (χ0v) is 21.2. The standard InChI is InChI=1S/C21H24ClN3O4S3/c1-13-11-16-17(12-14(13)2)30-21(24(16)9-10-29-3)23-20(26)15-5-4-8-25(15)32(27,28)19-7-6-18(22)31-19/h6-7,11-12,15H,4-5,8-10H2,1-3H3. The number of carbonyl (C=O) groups is 1. The van der Waals surface area contributed by atoms with Crippen LogP contribution in [0.15, 0.2) is 33.5 Å². The number of benzene rings is 1. The van der Waals surface area contributed by atoms with Gasteiger partial charge in [0.05, 0.1) is 21.2 Å². The van der Waals surface area contributed by atoms with Crippen LogP contribution in [0.3, 0.4) is 0 Å². The number of hydrogen-bond donors (Lipinski definition) is 0. The van der Waals surface area contributed by atoms with E-state index in [9.17, 15) is 13.2 Å². The number of thiophene rings is 1. The fraction of sp³-hybridized carbons (Fsp3) is 0.429. The quantitative estimate of drug-likeness (QED) is 0.499. The minimum atomic E-state index is -3.80. The molecule has 1 saturated heterocycles. The summed E-state index contributed by atoms with van der Waals surface area (Å²) < 4.78 is 36.3. The van der Waals surface area contributed by atoms with Gasteiger partial charge in [-0.1, -0.05) is 22.9 Å². The summed E-state index contributed by atoms with van der Waals surface area (Å²) in [6.45, 7) is 5.41. The van der Waals surface area contributed by atoms with Gasteiger partial charge in [-0.25, -0.2) is 8.42 Å². The molecule has 1 aliphatic heterocycles. The number of aryl methyl sites for hydroxylation is 2. The molecule has 0 radical (unpaired) electrons. The SMILES string of the molecule is COCCn1c(=NC(=O)C2CCCN2S(=O)(=O)c2ccc(Cl)s2)sc2cc(C)c(C)cc21. The molecule has 3 heterocycles. The molecule has 3 aromatic rings. The Balaban J connectivity index is 1.74. The average molecular weight is 514 g/mol. The molecule has 0 bridgehead atoms. The normalized spacial score (nSPS) is 18.1. The van der Waals surface area contributed by atoms with Crippen LogP contribution >= 0.6 is 34.3 Å². The van der Waals surface area contributed by atoms with Crippen LogP contribution in [0.2, 0.25) is 4.34 Å². The number of fused-ring (bicyclic) bond motifs is 1. The monoisotopic (exact) mass is 513 g/mol. The smallest absolute Gasteiger partial charge is 0.266 e. The maximum Gasteiger partial charge on any atom is 0.266 e. The molecule has 0 saturated carbocycles. The summed E-state index contributed by atoms with van der Waals surface area (Å²) >= 11 is 8.36. The number of nitrogens with zero attached hydrogens (tertiary/aromatic N) is 3. The summed E-state index contributed by atoms with van der Waals surface area (Å²) in [5.74, 6) is -0.445. The van der Waals surface area contributed by atoms with Gasteiger partial charge in [0.1, 0.15) is 10.3 Å². The highest BCUT2D eigenvalue weighted by atomic mass is 35.5. The Kier molecular flexibility index (Phi) is 6.90. The van der Waals surface area contributed by atoms with Crippen molar-refractivity contribution in [3.63, 3.8) is 0 Å². The highest BCUT2D eigenvalue weighted by Gasteiger charge is 2.40. The van der Waals surface area contributed by atoms with Crippen molar-refractivity contribution in [3.05, 3.63) is 44.5 Å². The van der Waals surface area contributed by atoms with Crippen LogP contribution in [-0.4, -0.2) is 49.5 Å². The van der Waals surface area contributed by atoms with Crippen molar-refractivity contribution >= 4 is 60.4 Å². The molecule has 1 fully saturated rings. The fourth-order valence-corrected chi connectivity index (χ4v) is 8.21. The topological polar surface area (TPSA) is 81.0 Å². The zero-order chi connectivity index (χ0) is 23.0. The third-order valence-corrected chi connectivity index (χ3v) is 10.3. The van der Waals surface area contributed by atoms with Gasteiger partial charge >= 0.3 is 0 Å². The minimum Gasteiger partial charge on any atom is -0.383 e. The van der Waals surface area contributed by atoms with E-state index in [1.165, 1.54) is 21.7 Å². The Morgan fingerprint density at radius 1 is 1.25 bits per heavy atom. The summed E-state index contributed by atoms with van der Waals surface area (Å²) in [5.41, 5.74) is 3.31. The maximum atomic E-state index is 13.2. The second kappa shape index (κ2) is 9.36. The number of thiazole rings is 1. The average Bonchev–Trinajstić information content (AvgIpc) is 3.46. The summed E-state index contributed by atoms with van der Waals surface area (Å²) in [6.07, 6.45) is 1.06. The number of rotatable bonds is 6. The molecular formula is C21H24ClN3O4S3. The van der Waals surface area contributed by atoms with Crippen LogP contribution in [0, 0.1) is 13.8 Å². The van der Waals surface area contributed by atoms with Gasteiger partial charge < -0.3 is 9.30 Å². The lowest BCUT2D eigenvalue weighted by Crippen LogP contribution is -2.40. The zero-order valence-electron chi connectivity index (χ0n) is 18.0. The van der Waals surface area contributed by atoms with Gasteiger partial charge in [0, 0.05) is 20.2 Å². The molecule has 11 heteroatoms. The number of hydrogen-bond acceptors (Lipinski definition) is 6. The van der Waals surface area contributed by atoms with E-state index < -0.39 is 22.0 Å². The molecule has 4 rings (SSSR count). The second-order valence-corrected chi connectivity index (χ2v) is 12.6. The number of methoxy groups -OCH3 is 1. The first-order valence-electron chi connectivity index (χ1n) is 10.2. The first kappa shape index (κ1) is 23.6. The summed E-state index contributed by atoms with van der Waals surface area (Å²) in [7, 11) is -2.17. The largest absolute Gasteiger partial charge is 0.383 e. The Morgan fingerprint density at radius 3 is 2.69 bits per heavy atom. The van der Waals surface area contributed by atoms with Crippen molar-refractivity contribution in [1.29, 1.82) is 0 Å². The molecule has 1 atom stereocenters. The van der Waals surface area contributed by atoms with Crippen molar-refractivity contribution in [1.82, 2.24) is 8.87 Å².